The second-order valence-corrected chi connectivity index (χ2v) is 7.69. The Kier molecular flexibility index (Phi) is 10.8. The Balaban J connectivity index is 0.00000300. The minimum atomic E-state index is 0. The summed E-state index contributed by atoms with van der Waals surface area (Å²) in [6.07, 6.45) is 6.80. The summed E-state index contributed by atoms with van der Waals surface area (Å²) >= 11 is 0. The summed E-state index contributed by atoms with van der Waals surface area (Å²) < 4.78 is 0. The van der Waals surface area contributed by atoms with Gasteiger partial charge in [-0.15, -0.1) is 24.0 Å². The number of hydrogen-bond donors (Lipinski definition) is 2. The molecule has 0 spiro atoms. The Hall–Kier alpha value is -1.35. The number of hydrogen-bond acceptors (Lipinski definition) is 3. The van der Waals surface area contributed by atoms with Crippen molar-refractivity contribution in [1.29, 1.82) is 0 Å². The fourth-order valence-electron chi connectivity index (χ4n) is 3.89. The second-order valence-electron chi connectivity index (χ2n) is 7.69. The smallest absolute Gasteiger partial charge is 0.226 e. The SMILES string of the molecule is CCNC(=NCc1ccc(N2CCCCC2=O)cc1)NCCN1CCCCC1.I. The predicted octanol–water partition coefficient (Wildman–Crippen LogP) is 3.36. The van der Waals surface area contributed by atoms with E-state index in [2.05, 4.69) is 34.6 Å². The number of carbonyl (C=O) groups excluding carboxylic acids is 1. The molecule has 2 aliphatic heterocycles. The number of guanidine groups is 1. The van der Waals surface area contributed by atoms with E-state index >= 15 is 0 Å². The molecule has 0 radical (unpaired) electrons. The lowest BCUT2D eigenvalue weighted by molar-refractivity contribution is -0.119. The zero-order chi connectivity index (χ0) is 19.6. The topological polar surface area (TPSA) is 60.0 Å². The summed E-state index contributed by atoms with van der Waals surface area (Å²) in [6.45, 7) is 8.85. The molecule has 1 aromatic rings. The van der Waals surface area contributed by atoms with Gasteiger partial charge >= 0.3 is 0 Å². The fourth-order valence-corrected chi connectivity index (χ4v) is 3.89. The minimum absolute atomic E-state index is 0. The van der Waals surface area contributed by atoms with Crippen molar-refractivity contribution in [3.63, 3.8) is 0 Å². The average molecular weight is 513 g/mol. The zero-order valence-corrected chi connectivity index (χ0v) is 20.0. The number of nitrogens with one attached hydrogen (secondary N) is 2. The van der Waals surface area contributed by atoms with E-state index in [9.17, 15) is 4.79 Å². The molecule has 3 rings (SSSR count). The molecule has 2 N–H and O–H groups in total. The van der Waals surface area contributed by atoms with Crippen LogP contribution in [0.1, 0.15) is 51.0 Å². The molecule has 6 nitrogen and oxygen atoms in total. The van der Waals surface area contributed by atoms with Crippen LogP contribution in [0.25, 0.3) is 0 Å². The Morgan fingerprint density at radius 2 is 1.72 bits per heavy atom. The van der Waals surface area contributed by atoms with Crippen LogP contribution in [0.3, 0.4) is 0 Å². The number of nitrogens with zero attached hydrogens (tertiary/aromatic N) is 3. The van der Waals surface area contributed by atoms with Gasteiger partial charge in [-0.25, -0.2) is 4.99 Å². The van der Waals surface area contributed by atoms with Gasteiger partial charge in [0.15, 0.2) is 5.96 Å². The molecule has 1 amide bonds. The summed E-state index contributed by atoms with van der Waals surface area (Å²) in [4.78, 5) is 21.2. The maximum Gasteiger partial charge on any atom is 0.226 e. The molecule has 2 heterocycles. The van der Waals surface area contributed by atoms with Crippen LogP contribution in [-0.2, 0) is 11.3 Å². The van der Waals surface area contributed by atoms with Crippen molar-refractivity contribution in [3.8, 4) is 0 Å². The second kappa shape index (κ2) is 13.1. The standard InChI is InChI=1S/C22H35N5O.HI/c1-2-23-22(24-13-17-26-14-5-3-6-15-26)25-18-19-9-11-20(12-10-19)27-16-7-4-8-21(27)28;/h9-12H,2-8,13-18H2,1H3,(H2,23,24,25);1H. The van der Waals surface area contributed by atoms with E-state index in [0.717, 1.165) is 56.2 Å². The molecule has 7 heteroatoms. The Labute approximate surface area is 192 Å². The number of carbonyl (C=O) groups is 1. The molecular formula is C22H36IN5O. The first-order valence-corrected chi connectivity index (χ1v) is 10.9. The summed E-state index contributed by atoms with van der Waals surface area (Å²) in [6, 6.07) is 8.26. The largest absolute Gasteiger partial charge is 0.357 e. The molecule has 0 bridgehead atoms. The van der Waals surface area contributed by atoms with Gasteiger partial charge in [0, 0.05) is 38.3 Å². The Morgan fingerprint density at radius 1 is 1.00 bits per heavy atom. The zero-order valence-electron chi connectivity index (χ0n) is 17.7. The number of halogens is 1. The summed E-state index contributed by atoms with van der Waals surface area (Å²) in [5.41, 5.74) is 2.16. The van der Waals surface area contributed by atoms with Gasteiger partial charge < -0.3 is 20.4 Å². The van der Waals surface area contributed by atoms with Crippen LogP contribution in [0.15, 0.2) is 29.3 Å². The molecule has 29 heavy (non-hydrogen) atoms. The normalized spacial score (nSPS) is 18.3. The number of amides is 1. The van der Waals surface area contributed by atoms with Gasteiger partial charge in [-0.3, -0.25) is 4.79 Å². The van der Waals surface area contributed by atoms with Crippen molar-refractivity contribution in [2.45, 2.75) is 52.0 Å². The van der Waals surface area contributed by atoms with Gasteiger partial charge in [0.1, 0.15) is 0 Å². The van der Waals surface area contributed by atoms with E-state index in [-0.39, 0.29) is 29.9 Å². The molecule has 2 fully saturated rings. The molecule has 1 aromatic carbocycles. The lowest BCUT2D eigenvalue weighted by Gasteiger charge is -2.27. The monoisotopic (exact) mass is 513 g/mol. The predicted molar refractivity (Wildman–Crippen MR) is 131 cm³/mol. The lowest BCUT2D eigenvalue weighted by atomic mass is 10.1. The van der Waals surface area contributed by atoms with Crippen molar-refractivity contribution in [3.05, 3.63) is 29.8 Å². The van der Waals surface area contributed by atoms with Crippen LogP contribution in [0.5, 0.6) is 0 Å². The van der Waals surface area contributed by atoms with Gasteiger partial charge in [-0.2, -0.15) is 0 Å². The van der Waals surface area contributed by atoms with Crippen LogP contribution >= 0.6 is 24.0 Å². The van der Waals surface area contributed by atoms with E-state index in [0.29, 0.717) is 13.0 Å². The molecular weight excluding hydrogens is 477 g/mol. The summed E-state index contributed by atoms with van der Waals surface area (Å²) in [7, 11) is 0. The van der Waals surface area contributed by atoms with Crippen LogP contribution in [-0.4, -0.2) is 56.0 Å². The first-order valence-electron chi connectivity index (χ1n) is 10.9. The number of benzene rings is 1. The highest BCUT2D eigenvalue weighted by Crippen LogP contribution is 2.21. The van der Waals surface area contributed by atoms with Gasteiger partial charge in [0.25, 0.3) is 0 Å². The molecule has 0 aromatic heterocycles. The van der Waals surface area contributed by atoms with E-state index in [1.807, 2.05) is 17.0 Å². The summed E-state index contributed by atoms with van der Waals surface area (Å²) in [5.74, 6) is 1.11. The van der Waals surface area contributed by atoms with E-state index in [1.54, 1.807) is 0 Å². The minimum Gasteiger partial charge on any atom is -0.357 e. The van der Waals surface area contributed by atoms with Gasteiger partial charge in [0.05, 0.1) is 6.54 Å². The van der Waals surface area contributed by atoms with Crippen molar-refractivity contribution in [2.24, 2.45) is 4.99 Å². The van der Waals surface area contributed by atoms with Crippen LogP contribution in [0.2, 0.25) is 0 Å². The Bertz CT molecular complexity index is 643. The van der Waals surface area contributed by atoms with Crippen molar-refractivity contribution < 1.29 is 4.79 Å². The van der Waals surface area contributed by atoms with Crippen molar-refractivity contribution in [2.75, 3.05) is 44.2 Å². The maximum atomic E-state index is 12.1. The van der Waals surface area contributed by atoms with Crippen molar-refractivity contribution in [1.82, 2.24) is 15.5 Å². The maximum absolute atomic E-state index is 12.1. The van der Waals surface area contributed by atoms with Gasteiger partial charge in [-0.1, -0.05) is 18.6 Å². The van der Waals surface area contributed by atoms with E-state index in [1.165, 1.54) is 32.4 Å². The third-order valence-electron chi connectivity index (χ3n) is 5.50. The third kappa shape index (κ3) is 7.77. The highest BCUT2D eigenvalue weighted by molar-refractivity contribution is 14.0. The van der Waals surface area contributed by atoms with Crippen LogP contribution in [0, 0.1) is 0 Å². The summed E-state index contributed by atoms with van der Waals surface area (Å²) in [5, 5.41) is 6.78. The van der Waals surface area contributed by atoms with Crippen LogP contribution in [0.4, 0.5) is 5.69 Å². The lowest BCUT2D eigenvalue weighted by Crippen LogP contribution is -2.42. The number of rotatable bonds is 7. The highest BCUT2D eigenvalue weighted by atomic mass is 127. The molecule has 162 valence electrons. The third-order valence-corrected chi connectivity index (χ3v) is 5.50. The van der Waals surface area contributed by atoms with Gasteiger partial charge in [-0.05, 0) is 63.4 Å². The number of likely N-dealkylation sites (tertiary alicyclic amines) is 1. The van der Waals surface area contributed by atoms with E-state index < -0.39 is 0 Å². The fraction of sp³-hybridized carbons (Fsp3) is 0.636. The quantitative estimate of drug-likeness (QED) is 0.334. The first-order chi connectivity index (χ1) is 13.8. The highest BCUT2D eigenvalue weighted by Gasteiger charge is 2.19. The average Bonchev–Trinajstić information content (AvgIpc) is 2.74. The molecule has 0 unspecified atom stereocenters. The van der Waals surface area contributed by atoms with E-state index in [4.69, 9.17) is 4.99 Å². The molecule has 2 saturated heterocycles. The molecule has 0 saturated carbocycles. The van der Waals surface area contributed by atoms with Crippen molar-refractivity contribution >= 4 is 41.5 Å². The first kappa shape index (κ1) is 23.9. The Morgan fingerprint density at radius 3 is 2.41 bits per heavy atom. The molecule has 0 atom stereocenters. The van der Waals surface area contributed by atoms with Gasteiger partial charge in [0.2, 0.25) is 5.91 Å². The van der Waals surface area contributed by atoms with Crippen LogP contribution < -0.4 is 15.5 Å². The number of piperidine rings is 2. The molecule has 2 aliphatic rings. The molecule has 0 aliphatic carbocycles. The number of anilines is 1. The number of aliphatic imine (C=N–C) groups is 1.